The molecule has 1 fully saturated rings. The van der Waals surface area contributed by atoms with Crippen LogP contribution in [0.25, 0.3) is 0 Å². The van der Waals surface area contributed by atoms with Crippen LogP contribution in [0.2, 0.25) is 0 Å². The number of nitrogens with one attached hydrogen (secondary N) is 2. The zero-order valence-electron chi connectivity index (χ0n) is 11.2. The van der Waals surface area contributed by atoms with Crippen molar-refractivity contribution in [3.63, 3.8) is 0 Å². The normalized spacial score (nSPS) is 20.1. The van der Waals surface area contributed by atoms with E-state index in [-0.39, 0.29) is 5.56 Å². The molecule has 2 N–H and O–H groups in total. The molecule has 100 valence electrons. The second kappa shape index (κ2) is 6.00. The summed E-state index contributed by atoms with van der Waals surface area (Å²) in [5.74, 6) is 1.52. The van der Waals surface area contributed by atoms with Crippen LogP contribution >= 0.6 is 0 Å². The Labute approximate surface area is 108 Å². The monoisotopic (exact) mass is 250 g/mol. The first kappa shape index (κ1) is 13.1. The Morgan fingerprint density at radius 1 is 1.56 bits per heavy atom. The maximum Gasteiger partial charge on any atom is 0.252 e. The Morgan fingerprint density at radius 2 is 2.39 bits per heavy atom. The first-order valence-corrected chi connectivity index (χ1v) is 6.70. The fourth-order valence-corrected chi connectivity index (χ4v) is 2.62. The summed E-state index contributed by atoms with van der Waals surface area (Å²) < 4.78 is 0. The number of nitrogens with zero attached hydrogens (tertiary/aromatic N) is 2. The molecule has 2 rings (SSSR count). The Bertz CT molecular complexity index is 443. The fraction of sp³-hybridized carbons (Fsp3) is 0.692. The standard InChI is InChI=1S/C13H22N4O/c1-10-15-12(9-13(18)16-10)17-8-4-3-5-11(17)6-7-14-2/h9,11,14H,3-8H2,1-2H3,(H,15,16,18). The number of hydrogen-bond acceptors (Lipinski definition) is 4. The lowest BCUT2D eigenvalue weighted by atomic mass is 9.99. The van der Waals surface area contributed by atoms with Gasteiger partial charge in [0.2, 0.25) is 0 Å². The van der Waals surface area contributed by atoms with Gasteiger partial charge in [0.1, 0.15) is 11.6 Å². The molecule has 1 unspecified atom stereocenters. The van der Waals surface area contributed by atoms with Gasteiger partial charge in [-0.2, -0.15) is 0 Å². The lowest BCUT2D eigenvalue weighted by Crippen LogP contribution is -2.42. The minimum Gasteiger partial charge on any atom is -0.353 e. The van der Waals surface area contributed by atoms with Crippen LogP contribution in [-0.4, -0.2) is 36.1 Å². The Hall–Kier alpha value is -1.36. The van der Waals surface area contributed by atoms with Gasteiger partial charge in [-0.25, -0.2) is 4.98 Å². The molecule has 5 heteroatoms. The summed E-state index contributed by atoms with van der Waals surface area (Å²) in [6.07, 6.45) is 4.75. The summed E-state index contributed by atoms with van der Waals surface area (Å²) in [5, 5.41) is 3.19. The van der Waals surface area contributed by atoms with E-state index < -0.39 is 0 Å². The van der Waals surface area contributed by atoms with Gasteiger partial charge >= 0.3 is 0 Å². The third-order valence-electron chi connectivity index (χ3n) is 3.50. The molecule has 1 aromatic rings. The van der Waals surface area contributed by atoms with Crippen LogP contribution in [0.4, 0.5) is 5.82 Å². The van der Waals surface area contributed by atoms with Crippen LogP contribution in [-0.2, 0) is 0 Å². The van der Waals surface area contributed by atoms with Crippen LogP contribution in [0.5, 0.6) is 0 Å². The lowest BCUT2D eigenvalue weighted by Gasteiger charge is -2.36. The summed E-state index contributed by atoms with van der Waals surface area (Å²) in [7, 11) is 1.97. The van der Waals surface area contributed by atoms with E-state index in [4.69, 9.17) is 0 Å². The van der Waals surface area contributed by atoms with E-state index in [1.807, 2.05) is 14.0 Å². The second-order valence-corrected chi connectivity index (χ2v) is 4.92. The van der Waals surface area contributed by atoms with Crippen molar-refractivity contribution in [1.29, 1.82) is 0 Å². The quantitative estimate of drug-likeness (QED) is 0.838. The SMILES string of the molecule is CNCCC1CCCCN1c1cc(=O)[nH]c(C)n1. The summed E-state index contributed by atoms with van der Waals surface area (Å²) in [6, 6.07) is 2.12. The van der Waals surface area contributed by atoms with Gasteiger partial charge in [-0.15, -0.1) is 0 Å². The van der Waals surface area contributed by atoms with Crippen molar-refractivity contribution in [1.82, 2.24) is 15.3 Å². The summed E-state index contributed by atoms with van der Waals surface area (Å²) >= 11 is 0. The molecule has 0 radical (unpaired) electrons. The third kappa shape index (κ3) is 3.10. The van der Waals surface area contributed by atoms with E-state index >= 15 is 0 Å². The van der Waals surface area contributed by atoms with Gasteiger partial charge < -0.3 is 15.2 Å². The first-order chi connectivity index (χ1) is 8.70. The molecule has 0 amide bonds. The first-order valence-electron chi connectivity index (χ1n) is 6.70. The second-order valence-electron chi connectivity index (χ2n) is 4.92. The molecular formula is C13H22N4O. The smallest absolute Gasteiger partial charge is 0.252 e. The zero-order valence-corrected chi connectivity index (χ0v) is 11.2. The van der Waals surface area contributed by atoms with Gasteiger partial charge in [0.05, 0.1) is 0 Å². The molecule has 1 aromatic heterocycles. The average molecular weight is 250 g/mol. The van der Waals surface area contributed by atoms with Gasteiger partial charge in [0, 0.05) is 18.7 Å². The Morgan fingerprint density at radius 3 is 3.11 bits per heavy atom. The highest BCUT2D eigenvalue weighted by Gasteiger charge is 2.23. The minimum atomic E-state index is -0.0598. The highest BCUT2D eigenvalue weighted by molar-refractivity contribution is 5.39. The molecule has 2 heterocycles. The molecule has 18 heavy (non-hydrogen) atoms. The van der Waals surface area contributed by atoms with E-state index in [0.717, 1.165) is 25.3 Å². The molecule has 1 aliphatic heterocycles. The van der Waals surface area contributed by atoms with Crippen LogP contribution in [0.3, 0.4) is 0 Å². The van der Waals surface area contributed by atoms with E-state index in [9.17, 15) is 4.79 Å². The summed E-state index contributed by atoms with van der Waals surface area (Å²) in [4.78, 5) is 21.0. The van der Waals surface area contributed by atoms with Crippen LogP contribution in [0.15, 0.2) is 10.9 Å². The highest BCUT2D eigenvalue weighted by Crippen LogP contribution is 2.23. The van der Waals surface area contributed by atoms with E-state index in [2.05, 4.69) is 20.2 Å². The molecule has 0 aliphatic carbocycles. The molecule has 1 atom stereocenters. The highest BCUT2D eigenvalue weighted by atomic mass is 16.1. The van der Waals surface area contributed by atoms with Crippen molar-refractivity contribution >= 4 is 5.82 Å². The molecular weight excluding hydrogens is 228 g/mol. The molecule has 0 bridgehead atoms. The van der Waals surface area contributed by atoms with Gasteiger partial charge in [0.25, 0.3) is 5.56 Å². The topological polar surface area (TPSA) is 61.0 Å². The van der Waals surface area contributed by atoms with Crippen molar-refractivity contribution in [2.75, 3.05) is 25.0 Å². The number of aryl methyl sites for hydroxylation is 1. The number of rotatable bonds is 4. The van der Waals surface area contributed by atoms with Gasteiger partial charge in [0.15, 0.2) is 0 Å². The average Bonchev–Trinajstić information content (AvgIpc) is 2.35. The molecule has 5 nitrogen and oxygen atoms in total. The van der Waals surface area contributed by atoms with E-state index in [1.54, 1.807) is 6.07 Å². The number of H-pyrrole nitrogens is 1. The predicted octanol–water partition coefficient (Wildman–Crippen LogP) is 1.05. The Balaban J connectivity index is 2.19. The van der Waals surface area contributed by atoms with Gasteiger partial charge in [-0.1, -0.05) is 0 Å². The largest absolute Gasteiger partial charge is 0.353 e. The maximum absolute atomic E-state index is 11.5. The summed E-state index contributed by atoms with van der Waals surface area (Å²) in [5.41, 5.74) is -0.0598. The number of piperidine rings is 1. The lowest BCUT2D eigenvalue weighted by molar-refractivity contribution is 0.430. The van der Waals surface area contributed by atoms with Gasteiger partial charge in [-0.05, 0) is 46.2 Å². The van der Waals surface area contributed by atoms with Crippen LogP contribution < -0.4 is 15.8 Å². The van der Waals surface area contributed by atoms with Crippen molar-refractivity contribution in [2.24, 2.45) is 0 Å². The van der Waals surface area contributed by atoms with Crippen LogP contribution in [0.1, 0.15) is 31.5 Å². The molecule has 0 spiro atoms. The molecule has 1 saturated heterocycles. The Kier molecular flexibility index (Phi) is 4.36. The molecule has 1 aliphatic rings. The molecule has 0 saturated carbocycles. The predicted molar refractivity (Wildman–Crippen MR) is 73.1 cm³/mol. The van der Waals surface area contributed by atoms with Crippen molar-refractivity contribution < 1.29 is 0 Å². The van der Waals surface area contributed by atoms with E-state index in [0.29, 0.717) is 11.9 Å². The minimum absolute atomic E-state index is 0.0598. The van der Waals surface area contributed by atoms with Crippen LogP contribution in [0, 0.1) is 6.92 Å². The maximum atomic E-state index is 11.5. The van der Waals surface area contributed by atoms with Crippen molar-refractivity contribution in [3.05, 3.63) is 22.2 Å². The zero-order chi connectivity index (χ0) is 13.0. The number of anilines is 1. The number of aromatic amines is 1. The van der Waals surface area contributed by atoms with E-state index in [1.165, 1.54) is 19.3 Å². The third-order valence-corrected chi connectivity index (χ3v) is 3.50. The number of aromatic nitrogens is 2. The summed E-state index contributed by atoms with van der Waals surface area (Å²) in [6.45, 7) is 3.84. The molecule has 0 aromatic carbocycles. The van der Waals surface area contributed by atoms with Crippen molar-refractivity contribution in [2.45, 2.75) is 38.6 Å². The fourth-order valence-electron chi connectivity index (χ4n) is 2.62. The number of hydrogen-bond donors (Lipinski definition) is 2. The van der Waals surface area contributed by atoms with Gasteiger partial charge in [-0.3, -0.25) is 4.79 Å². The van der Waals surface area contributed by atoms with Crippen molar-refractivity contribution in [3.8, 4) is 0 Å².